The van der Waals surface area contributed by atoms with E-state index in [0.29, 0.717) is 29.7 Å². The van der Waals surface area contributed by atoms with Crippen molar-refractivity contribution in [1.29, 1.82) is 0 Å². The maximum Gasteiger partial charge on any atom is 0.586 e. The van der Waals surface area contributed by atoms with Crippen LogP contribution in [0.4, 0.5) is 14.6 Å². The lowest BCUT2D eigenvalue weighted by molar-refractivity contribution is -0.286. The third kappa shape index (κ3) is 4.42. The minimum atomic E-state index is -3.74. The molecule has 1 aliphatic carbocycles. The number of hydrogen-bond acceptors (Lipinski definition) is 7. The van der Waals surface area contributed by atoms with Crippen LogP contribution in [0.5, 0.6) is 11.5 Å². The van der Waals surface area contributed by atoms with Gasteiger partial charge in [-0.25, -0.2) is 4.98 Å². The van der Waals surface area contributed by atoms with Gasteiger partial charge < -0.3 is 29.6 Å². The summed E-state index contributed by atoms with van der Waals surface area (Å²) in [6.45, 7) is 1.27. The number of aryl methyl sites for hydroxylation is 1. The molecule has 0 bridgehead atoms. The van der Waals surface area contributed by atoms with Gasteiger partial charge in [0.2, 0.25) is 5.91 Å². The van der Waals surface area contributed by atoms with Gasteiger partial charge in [-0.1, -0.05) is 12.1 Å². The number of alkyl halides is 2. The van der Waals surface area contributed by atoms with E-state index in [9.17, 15) is 23.5 Å². The molecule has 188 valence electrons. The highest BCUT2D eigenvalue weighted by Gasteiger charge is 2.53. The molecule has 3 heterocycles. The Morgan fingerprint density at radius 2 is 1.92 bits per heavy atom. The monoisotopic (exact) mass is 499 g/mol. The number of rotatable bonds is 7. The van der Waals surface area contributed by atoms with Crippen molar-refractivity contribution < 1.29 is 33.3 Å². The number of benzene rings is 1. The fourth-order valence-electron chi connectivity index (χ4n) is 4.24. The topological polar surface area (TPSA) is 123 Å². The normalized spacial score (nSPS) is 17.5. The Morgan fingerprint density at radius 3 is 2.64 bits per heavy atom. The van der Waals surface area contributed by atoms with Crippen LogP contribution in [0.25, 0.3) is 11.3 Å². The van der Waals surface area contributed by atoms with Gasteiger partial charge >= 0.3 is 6.29 Å². The van der Waals surface area contributed by atoms with E-state index >= 15 is 0 Å². The zero-order chi connectivity index (χ0) is 25.7. The van der Waals surface area contributed by atoms with E-state index in [1.54, 1.807) is 24.3 Å². The maximum atomic E-state index is 13.4. The van der Waals surface area contributed by atoms with E-state index in [2.05, 4.69) is 19.8 Å². The number of nitrogens with zero attached hydrogens (tertiary/aromatic N) is 2. The first-order chi connectivity index (χ1) is 17.1. The summed E-state index contributed by atoms with van der Waals surface area (Å²) in [7, 11) is 0. The van der Waals surface area contributed by atoms with E-state index in [1.807, 2.05) is 6.92 Å². The largest absolute Gasteiger partial charge is 0.586 e. The first-order valence-electron chi connectivity index (χ1n) is 11.3. The molecular formula is C25H23F2N3O6. The summed E-state index contributed by atoms with van der Waals surface area (Å²) in [5.74, 6) is -0.245. The number of aliphatic hydroxyl groups is 2. The van der Waals surface area contributed by atoms with E-state index in [1.165, 1.54) is 29.0 Å². The van der Waals surface area contributed by atoms with Crippen molar-refractivity contribution in [3.05, 3.63) is 70.1 Å². The second kappa shape index (κ2) is 8.68. The van der Waals surface area contributed by atoms with Gasteiger partial charge in [0.25, 0.3) is 5.56 Å². The summed E-state index contributed by atoms with van der Waals surface area (Å²) < 4.78 is 37.0. The molecule has 1 unspecified atom stereocenters. The molecule has 1 aromatic carbocycles. The standard InChI is InChI=1S/C25H23F2N3O6/c1-14-2-6-20(28-22(14)15-3-7-21(33)30(11-15)12-17(32)13-31)29-23(34)24(8-9-24)16-4-5-18-19(10-16)36-25(26,27)35-18/h2-7,10-11,17,31-32H,8-9,12-13H2,1H3,(H,28,29,34). The first-order valence-corrected chi connectivity index (χ1v) is 11.3. The lowest BCUT2D eigenvalue weighted by Gasteiger charge is -2.17. The lowest BCUT2D eigenvalue weighted by atomic mass is 9.94. The number of pyridine rings is 2. The molecule has 1 amide bonds. The molecule has 9 nitrogen and oxygen atoms in total. The molecule has 2 aromatic heterocycles. The second-order valence-electron chi connectivity index (χ2n) is 8.97. The van der Waals surface area contributed by atoms with Crippen LogP contribution in [0, 0.1) is 6.92 Å². The predicted octanol–water partition coefficient (Wildman–Crippen LogP) is 2.56. The van der Waals surface area contributed by atoms with Crippen LogP contribution in [0.2, 0.25) is 0 Å². The molecule has 11 heteroatoms. The second-order valence-corrected chi connectivity index (χ2v) is 8.97. The zero-order valence-electron chi connectivity index (χ0n) is 19.2. The van der Waals surface area contributed by atoms with E-state index in [0.717, 1.165) is 5.56 Å². The molecule has 0 spiro atoms. The van der Waals surface area contributed by atoms with E-state index in [4.69, 9.17) is 5.11 Å². The van der Waals surface area contributed by atoms with Crippen molar-refractivity contribution >= 4 is 11.7 Å². The molecule has 5 rings (SSSR count). The lowest BCUT2D eigenvalue weighted by Crippen LogP contribution is -2.28. The number of aliphatic hydroxyl groups excluding tert-OH is 2. The number of amides is 1. The van der Waals surface area contributed by atoms with Gasteiger partial charge in [0.15, 0.2) is 11.5 Å². The third-order valence-corrected chi connectivity index (χ3v) is 6.35. The van der Waals surface area contributed by atoms with Gasteiger partial charge in [0, 0.05) is 17.8 Å². The highest BCUT2D eigenvalue weighted by molar-refractivity contribution is 6.01. The van der Waals surface area contributed by atoms with Crippen LogP contribution in [-0.4, -0.2) is 44.7 Å². The van der Waals surface area contributed by atoms with Crippen molar-refractivity contribution in [1.82, 2.24) is 9.55 Å². The Balaban J connectivity index is 1.39. The number of carbonyl (C=O) groups is 1. The molecule has 0 saturated heterocycles. The van der Waals surface area contributed by atoms with Crippen LogP contribution in [0.3, 0.4) is 0 Å². The number of halogens is 2. The predicted molar refractivity (Wildman–Crippen MR) is 124 cm³/mol. The summed E-state index contributed by atoms with van der Waals surface area (Å²) in [4.78, 5) is 29.9. The number of fused-ring (bicyclic) bond motifs is 1. The van der Waals surface area contributed by atoms with Gasteiger partial charge in [0.1, 0.15) is 5.82 Å². The van der Waals surface area contributed by atoms with Crippen molar-refractivity contribution in [2.24, 2.45) is 0 Å². The first kappa shape index (κ1) is 23.9. The molecule has 1 aliphatic heterocycles. The summed E-state index contributed by atoms with van der Waals surface area (Å²) in [6, 6.07) is 10.7. The van der Waals surface area contributed by atoms with Crippen molar-refractivity contribution in [2.45, 2.75) is 44.1 Å². The van der Waals surface area contributed by atoms with Crippen molar-refractivity contribution in [3.63, 3.8) is 0 Å². The molecule has 2 aliphatic rings. The summed E-state index contributed by atoms with van der Waals surface area (Å²) in [6.07, 6.45) is -2.22. The molecule has 1 fully saturated rings. The van der Waals surface area contributed by atoms with Crippen LogP contribution >= 0.6 is 0 Å². The van der Waals surface area contributed by atoms with Crippen molar-refractivity contribution in [2.75, 3.05) is 11.9 Å². The van der Waals surface area contributed by atoms with Gasteiger partial charge in [0.05, 0.1) is 30.4 Å². The van der Waals surface area contributed by atoms with E-state index < -0.39 is 24.4 Å². The summed E-state index contributed by atoms with van der Waals surface area (Å²) in [5, 5.41) is 21.6. The van der Waals surface area contributed by atoms with Gasteiger partial charge in [-0.2, -0.15) is 0 Å². The Kier molecular flexibility index (Phi) is 5.76. The minimum absolute atomic E-state index is 0.0807. The summed E-state index contributed by atoms with van der Waals surface area (Å²) >= 11 is 0. The number of ether oxygens (including phenoxy) is 2. The number of carbonyl (C=O) groups excluding carboxylic acids is 1. The fourth-order valence-corrected chi connectivity index (χ4v) is 4.24. The number of hydrogen-bond donors (Lipinski definition) is 3. The molecule has 36 heavy (non-hydrogen) atoms. The van der Waals surface area contributed by atoms with Crippen LogP contribution in [0.1, 0.15) is 24.0 Å². The number of aromatic nitrogens is 2. The average Bonchev–Trinajstić information content (AvgIpc) is 3.58. The summed E-state index contributed by atoms with van der Waals surface area (Å²) in [5.41, 5.74) is 1.21. The average molecular weight is 499 g/mol. The third-order valence-electron chi connectivity index (χ3n) is 6.35. The van der Waals surface area contributed by atoms with Gasteiger partial charge in [-0.15, -0.1) is 8.78 Å². The van der Waals surface area contributed by atoms with E-state index in [-0.39, 0.29) is 35.3 Å². The van der Waals surface area contributed by atoms with Gasteiger partial charge in [-0.05, 0) is 55.2 Å². The molecule has 3 N–H and O–H groups in total. The Labute approximate surface area is 203 Å². The van der Waals surface area contributed by atoms with Crippen LogP contribution in [0.15, 0.2) is 53.5 Å². The van der Waals surface area contributed by atoms with Crippen LogP contribution < -0.4 is 20.3 Å². The highest BCUT2D eigenvalue weighted by Crippen LogP contribution is 2.52. The number of nitrogens with one attached hydrogen (secondary N) is 1. The van der Waals surface area contributed by atoms with Crippen molar-refractivity contribution in [3.8, 4) is 22.8 Å². The highest BCUT2D eigenvalue weighted by atomic mass is 19.3. The van der Waals surface area contributed by atoms with Crippen LogP contribution in [-0.2, 0) is 16.8 Å². The Bertz CT molecular complexity index is 1400. The Hall–Kier alpha value is -3.83. The molecule has 1 atom stereocenters. The Morgan fingerprint density at radius 1 is 1.17 bits per heavy atom. The molecular weight excluding hydrogens is 476 g/mol. The smallest absolute Gasteiger partial charge is 0.395 e. The SMILES string of the molecule is Cc1ccc(NC(=O)C2(c3ccc4c(c3)OC(F)(F)O4)CC2)nc1-c1ccc(=O)n(CC(O)CO)c1. The molecule has 1 saturated carbocycles. The zero-order valence-corrected chi connectivity index (χ0v) is 19.2. The molecule has 0 radical (unpaired) electrons. The maximum absolute atomic E-state index is 13.4. The minimum Gasteiger partial charge on any atom is -0.395 e. The fraction of sp³-hybridized carbons (Fsp3) is 0.320. The van der Waals surface area contributed by atoms with Gasteiger partial charge in [-0.3, -0.25) is 9.59 Å². The number of anilines is 1. The molecule has 3 aromatic rings. The quantitative estimate of drug-likeness (QED) is 0.457.